The molecule has 2 fully saturated rings. The van der Waals surface area contributed by atoms with Gasteiger partial charge in [-0.15, -0.1) is 0 Å². The second-order valence-electron chi connectivity index (χ2n) is 11.9. The molecule has 0 aliphatic carbocycles. The zero-order chi connectivity index (χ0) is 29.3. The molecule has 2 aliphatic heterocycles. The van der Waals surface area contributed by atoms with Crippen LogP contribution in [-0.2, 0) is 0 Å². The molecule has 7 rings (SSSR count). The van der Waals surface area contributed by atoms with E-state index in [-0.39, 0.29) is 17.6 Å². The molecule has 0 spiro atoms. The van der Waals surface area contributed by atoms with Crippen molar-refractivity contribution < 1.29 is 13.6 Å². The summed E-state index contributed by atoms with van der Waals surface area (Å²) >= 11 is 1.52. The Kier molecular flexibility index (Phi) is 8.08. The number of imidazole rings is 1. The van der Waals surface area contributed by atoms with E-state index in [2.05, 4.69) is 16.3 Å². The number of nitrogens with zero attached hydrogens (tertiary/aromatic N) is 3. The molecule has 2 aliphatic rings. The smallest absolute Gasteiger partial charge is 0.195 e. The number of rotatable bonds is 9. The molecule has 43 heavy (non-hydrogen) atoms. The van der Waals surface area contributed by atoms with Gasteiger partial charge >= 0.3 is 0 Å². The summed E-state index contributed by atoms with van der Waals surface area (Å²) in [5, 5.41) is 3.49. The lowest BCUT2D eigenvalue weighted by atomic mass is 9.92. The molecule has 3 aromatic carbocycles. The molecular weight excluding hydrogens is 562 g/mol. The molecule has 5 nitrogen and oxygen atoms in total. The Labute approximate surface area is 254 Å². The maximum Gasteiger partial charge on any atom is 0.195 e. The lowest BCUT2D eigenvalue weighted by Gasteiger charge is -2.28. The molecule has 8 heteroatoms. The molecule has 0 radical (unpaired) electrons. The normalized spacial score (nSPS) is 18.2. The SMILES string of the molecule is O=C(CCCCN1CCC(F)CC1)c1ccc2c(c1)sc1nc(-c3c(F)cc([C@H]4CCCN4)cc3-c3ccccc3)cn12. The van der Waals surface area contributed by atoms with Gasteiger partial charge in [0, 0.05) is 42.9 Å². The van der Waals surface area contributed by atoms with E-state index in [1.54, 1.807) is 6.07 Å². The fourth-order valence-corrected chi connectivity index (χ4v) is 7.64. The first-order valence-corrected chi connectivity index (χ1v) is 16.3. The van der Waals surface area contributed by atoms with E-state index in [0.29, 0.717) is 36.1 Å². The number of nitrogens with one attached hydrogen (secondary N) is 1. The van der Waals surface area contributed by atoms with Crippen LogP contribution in [0.3, 0.4) is 0 Å². The minimum absolute atomic E-state index is 0.141. The quantitative estimate of drug-likeness (QED) is 0.137. The number of thiazole rings is 1. The van der Waals surface area contributed by atoms with Gasteiger partial charge in [-0.1, -0.05) is 41.7 Å². The Hall–Kier alpha value is -3.46. The summed E-state index contributed by atoms with van der Waals surface area (Å²) in [5.41, 5.74) is 5.57. The third kappa shape index (κ3) is 5.88. The topological polar surface area (TPSA) is 49.6 Å². The second-order valence-corrected chi connectivity index (χ2v) is 12.9. The number of hydrogen-bond acceptors (Lipinski definition) is 5. The van der Waals surface area contributed by atoms with E-state index >= 15 is 4.39 Å². The zero-order valence-corrected chi connectivity index (χ0v) is 25.0. The van der Waals surface area contributed by atoms with Gasteiger partial charge in [0.15, 0.2) is 10.7 Å². The summed E-state index contributed by atoms with van der Waals surface area (Å²) in [6.07, 6.45) is 6.88. The van der Waals surface area contributed by atoms with Crippen molar-refractivity contribution in [3.8, 4) is 22.4 Å². The highest BCUT2D eigenvalue weighted by Crippen LogP contribution is 2.39. The van der Waals surface area contributed by atoms with Crippen molar-refractivity contribution in [2.45, 2.75) is 57.2 Å². The van der Waals surface area contributed by atoms with Crippen LogP contribution >= 0.6 is 11.3 Å². The van der Waals surface area contributed by atoms with Crippen molar-refractivity contribution in [3.63, 3.8) is 0 Å². The third-order valence-corrected chi connectivity index (χ3v) is 10.00. The van der Waals surface area contributed by atoms with Gasteiger partial charge in [0.1, 0.15) is 12.0 Å². The molecule has 222 valence electrons. The number of carbonyl (C=O) groups is 1. The standard InChI is InChI=1S/C35H36F2N4OS/c36-26-13-17-40(18-14-26)16-5-4-10-32(42)24-11-12-31-33(21-24)43-35-39-30(22-41(31)35)34-27(23-7-2-1-3-8-23)19-25(20-28(34)37)29-9-6-15-38-29/h1-3,7-8,11-12,19-22,26,29,38H,4-6,9-10,13-18H2/t29-/m1/s1. The zero-order valence-electron chi connectivity index (χ0n) is 24.2. The highest BCUT2D eigenvalue weighted by molar-refractivity contribution is 7.23. The van der Waals surface area contributed by atoms with Crippen molar-refractivity contribution in [1.82, 2.24) is 19.6 Å². The minimum atomic E-state index is -0.655. The fourth-order valence-electron chi connectivity index (χ4n) is 6.59. The molecular formula is C35H36F2N4OS. The Morgan fingerprint density at radius 3 is 2.65 bits per heavy atom. The summed E-state index contributed by atoms with van der Waals surface area (Å²) in [5.74, 6) is -0.123. The average Bonchev–Trinajstić information content (AvgIpc) is 3.77. The number of aromatic nitrogens is 2. The van der Waals surface area contributed by atoms with Gasteiger partial charge in [0.2, 0.25) is 0 Å². The van der Waals surface area contributed by atoms with Crippen LogP contribution in [0.15, 0.2) is 66.9 Å². The van der Waals surface area contributed by atoms with Crippen LogP contribution in [0.25, 0.3) is 37.6 Å². The monoisotopic (exact) mass is 598 g/mol. The van der Waals surface area contributed by atoms with E-state index < -0.39 is 6.17 Å². The van der Waals surface area contributed by atoms with Crippen LogP contribution < -0.4 is 5.32 Å². The summed E-state index contributed by atoms with van der Waals surface area (Å²) in [7, 11) is 0. The van der Waals surface area contributed by atoms with Gasteiger partial charge < -0.3 is 10.2 Å². The molecule has 0 bridgehead atoms. The van der Waals surface area contributed by atoms with E-state index in [9.17, 15) is 9.18 Å². The van der Waals surface area contributed by atoms with Gasteiger partial charge in [-0.3, -0.25) is 9.20 Å². The van der Waals surface area contributed by atoms with E-state index in [0.717, 1.165) is 83.7 Å². The van der Waals surface area contributed by atoms with E-state index in [4.69, 9.17) is 4.98 Å². The highest BCUT2D eigenvalue weighted by Gasteiger charge is 2.24. The number of ketones is 1. The maximum absolute atomic E-state index is 15.9. The Morgan fingerprint density at radius 2 is 1.86 bits per heavy atom. The first-order valence-electron chi connectivity index (χ1n) is 15.5. The van der Waals surface area contributed by atoms with Gasteiger partial charge in [-0.2, -0.15) is 0 Å². The second kappa shape index (κ2) is 12.3. The Bertz CT molecular complexity index is 1750. The van der Waals surface area contributed by atoms with Gasteiger partial charge in [-0.05, 0) is 98.6 Å². The number of carbonyl (C=O) groups excluding carboxylic acids is 1. The van der Waals surface area contributed by atoms with Gasteiger partial charge in [0.25, 0.3) is 0 Å². The van der Waals surface area contributed by atoms with Crippen molar-refractivity contribution in [3.05, 3.63) is 83.8 Å². The molecule has 1 N–H and O–H groups in total. The summed E-state index contributed by atoms with van der Waals surface area (Å²) in [6.45, 7) is 3.51. The van der Waals surface area contributed by atoms with Crippen LogP contribution in [-0.4, -0.2) is 52.4 Å². The average molecular weight is 599 g/mol. The largest absolute Gasteiger partial charge is 0.310 e. The number of piperidine rings is 1. The predicted octanol–water partition coefficient (Wildman–Crippen LogP) is 8.23. The number of likely N-dealkylation sites (tertiary alicyclic amines) is 1. The molecule has 2 aromatic heterocycles. The molecule has 5 aromatic rings. The lowest BCUT2D eigenvalue weighted by Crippen LogP contribution is -2.35. The number of hydrogen-bond donors (Lipinski definition) is 1. The van der Waals surface area contributed by atoms with Crippen LogP contribution in [0, 0.1) is 5.82 Å². The first kappa shape index (κ1) is 28.3. The van der Waals surface area contributed by atoms with Gasteiger partial charge in [0.05, 0.1) is 15.9 Å². The highest BCUT2D eigenvalue weighted by atomic mass is 32.1. The number of alkyl halides is 1. The molecule has 0 saturated carbocycles. The van der Waals surface area contributed by atoms with Crippen molar-refractivity contribution in [2.75, 3.05) is 26.2 Å². The first-order chi connectivity index (χ1) is 21.0. The molecule has 1 atom stereocenters. The lowest BCUT2D eigenvalue weighted by molar-refractivity contribution is 0.0976. The number of halogens is 2. The van der Waals surface area contributed by atoms with Crippen molar-refractivity contribution >= 4 is 32.3 Å². The summed E-state index contributed by atoms with van der Waals surface area (Å²) < 4.78 is 32.3. The predicted molar refractivity (Wildman–Crippen MR) is 170 cm³/mol. The summed E-state index contributed by atoms with van der Waals surface area (Å²) in [4.78, 5) is 20.9. The molecule has 0 amide bonds. The number of unbranched alkanes of at least 4 members (excludes halogenated alkanes) is 1. The van der Waals surface area contributed by atoms with Crippen LogP contribution in [0.5, 0.6) is 0 Å². The number of Topliss-reactive ketones (excluding diaryl/α,β-unsaturated/α-hetero) is 1. The molecule has 4 heterocycles. The maximum atomic E-state index is 15.9. The van der Waals surface area contributed by atoms with Gasteiger partial charge in [-0.25, -0.2) is 13.8 Å². The number of fused-ring (bicyclic) bond motifs is 3. The fraction of sp³-hybridized carbons (Fsp3) is 0.371. The summed E-state index contributed by atoms with van der Waals surface area (Å²) in [6, 6.07) is 19.7. The minimum Gasteiger partial charge on any atom is -0.310 e. The van der Waals surface area contributed by atoms with Crippen LogP contribution in [0.1, 0.15) is 66.9 Å². The Morgan fingerprint density at radius 1 is 1.02 bits per heavy atom. The number of benzene rings is 3. The van der Waals surface area contributed by atoms with Crippen molar-refractivity contribution in [2.24, 2.45) is 0 Å². The molecule has 0 unspecified atom stereocenters. The van der Waals surface area contributed by atoms with Crippen LogP contribution in [0.2, 0.25) is 0 Å². The van der Waals surface area contributed by atoms with Crippen LogP contribution in [0.4, 0.5) is 8.78 Å². The van der Waals surface area contributed by atoms with E-state index in [1.165, 1.54) is 11.3 Å². The van der Waals surface area contributed by atoms with Crippen molar-refractivity contribution in [1.29, 1.82) is 0 Å². The molecule has 2 saturated heterocycles. The van der Waals surface area contributed by atoms with E-state index in [1.807, 2.05) is 59.1 Å². The third-order valence-electron chi connectivity index (χ3n) is 8.98. The Balaban J connectivity index is 1.12.